The first-order chi connectivity index (χ1) is 1.73. The van der Waals surface area contributed by atoms with Crippen LogP contribution < -0.4 is 6.15 Å². The zero-order valence-corrected chi connectivity index (χ0v) is 7.56. The van der Waals surface area contributed by atoms with Gasteiger partial charge in [0.25, 0.3) is 5.97 Å². The van der Waals surface area contributed by atoms with Crippen LogP contribution in [0.2, 0.25) is 0 Å². The normalized spacial score (nSPS) is 2.78. The summed E-state index contributed by atoms with van der Waals surface area (Å²) in [4.78, 5) is 9.00. The maximum absolute atomic E-state index is 9.00. The first-order valence-corrected chi connectivity index (χ1v) is 0.928. The minimum Gasteiger partial charge on any atom is -0.481 e. The molecule has 0 aliphatic carbocycles. The van der Waals surface area contributed by atoms with Gasteiger partial charge in [0.2, 0.25) is 0 Å². The molecular weight excluding hydrogens is 141 g/mol. The van der Waals surface area contributed by atoms with Crippen LogP contribution in [0.25, 0.3) is 0 Å². The summed E-state index contributed by atoms with van der Waals surface area (Å²) in [5.74, 6) is -0.833. The predicted octanol–water partition coefficient (Wildman–Crippen LogP) is -2.60. The van der Waals surface area contributed by atoms with E-state index in [1.165, 1.54) is 0 Å². The maximum Gasteiger partial charge on any atom is 0.300 e. The van der Waals surface area contributed by atoms with Gasteiger partial charge in [0.1, 0.15) is 0 Å². The second-order valence-corrected chi connectivity index (χ2v) is 0.519. The fourth-order valence-corrected chi connectivity index (χ4v) is 0. The number of rotatable bonds is 0. The van der Waals surface area contributed by atoms with E-state index in [1.54, 1.807) is 0 Å². The minimum atomic E-state index is -0.833. The van der Waals surface area contributed by atoms with Crippen molar-refractivity contribution in [2.45, 2.75) is 6.92 Å². The number of carbonyl (C=O) groups is 1. The predicted molar refractivity (Wildman–Crippen MR) is 34.9 cm³/mol. The average Bonchev–Trinajstić information content (AvgIpc) is 0.811. The number of carboxylic acid groups (broad SMARTS) is 1. The third-order valence-electron chi connectivity index (χ3n) is 0. The van der Waals surface area contributed by atoms with Crippen molar-refractivity contribution in [3.8, 4) is 0 Å². The Morgan fingerprint density at radius 2 is 1.22 bits per heavy atom. The summed E-state index contributed by atoms with van der Waals surface area (Å²) in [6.45, 7) is 1.08. The molecule has 0 bridgehead atoms. The van der Waals surface area contributed by atoms with Crippen LogP contribution >= 0.6 is 0 Å². The molecule has 6 nitrogen and oxygen atoms in total. The van der Waals surface area contributed by atoms with Crippen molar-refractivity contribution in [3.63, 3.8) is 0 Å². The zero-order chi connectivity index (χ0) is 3.58. The summed E-state index contributed by atoms with van der Waals surface area (Å²) >= 11 is 0. The smallest absolute Gasteiger partial charge is 0.300 e. The van der Waals surface area contributed by atoms with Crippen LogP contribution in [0.15, 0.2) is 0 Å². The fourth-order valence-electron chi connectivity index (χ4n) is 0. The Hall–Kier alpha value is 0.310. The molecule has 10 N–H and O–H groups in total. The summed E-state index contributed by atoms with van der Waals surface area (Å²) in [6, 6.07) is 0. The van der Waals surface area contributed by atoms with Crippen molar-refractivity contribution in [3.05, 3.63) is 0 Å². The minimum absolute atomic E-state index is 0. The number of aliphatic carboxylic acids is 1. The summed E-state index contributed by atoms with van der Waals surface area (Å²) in [7, 11) is 0. The number of hydrogen-bond donors (Lipinski definition) is 2. The molecule has 0 aliphatic heterocycles. The second kappa shape index (κ2) is 40.5. The van der Waals surface area contributed by atoms with Crippen molar-refractivity contribution in [1.82, 2.24) is 6.15 Å². The molecule has 9 heavy (non-hydrogen) atoms. The van der Waals surface area contributed by atoms with Crippen molar-refractivity contribution in [2.24, 2.45) is 0 Å². The van der Waals surface area contributed by atoms with Gasteiger partial charge in [0, 0.05) is 36.5 Å². The Balaban J connectivity index is -0.00000000450. The van der Waals surface area contributed by atoms with E-state index >= 15 is 0 Å². The van der Waals surface area contributed by atoms with Gasteiger partial charge in [-0.3, -0.25) is 4.79 Å². The Labute approximate surface area is 75.1 Å². The third-order valence-corrected chi connectivity index (χ3v) is 0. The van der Waals surface area contributed by atoms with E-state index in [2.05, 4.69) is 0 Å². The van der Waals surface area contributed by atoms with Crippen LogP contribution in [-0.2, 0) is 4.79 Å². The third kappa shape index (κ3) is 3440. The van der Waals surface area contributed by atoms with Gasteiger partial charge in [0.15, 0.2) is 0 Å². The van der Waals surface area contributed by atoms with Gasteiger partial charge in [-0.05, 0) is 0 Å². The summed E-state index contributed by atoms with van der Waals surface area (Å²) in [5.41, 5.74) is 0. The Bertz CT molecular complexity index is 37.9. The molecule has 0 unspecified atom stereocenters. The molecular formula is C2H13NNaO5. The number of carboxylic acids is 1. The van der Waals surface area contributed by atoms with Gasteiger partial charge in [-0.2, -0.15) is 0 Å². The van der Waals surface area contributed by atoms with Crippen molar-refractivity contribution in [2.75, 3.05) is 0 Å². The van der Waals surface area contributed by atoms with E-state index in [1.807, 2.05) is 0 Å². The van der Waals surface area contributed by atoms with Crippen LogP contribution in [0.1, 0.15) is 6.92 Å². The molecule has 0 saturated heterocycles. The number of hydrogen-bond acceptors (Lipinski definition) is 2. The van der Waals surface area contributed by atoms with Gasteiger partial charge in [-0.15, -0.1) is 0 Å². The molecule has 0 amide bonds. The molecule has 0 fully saturated rings. The molecule has 0 aliphatic rings. The first kappa shape index (κ1) is 58.7. The van der Waals surface area contributed by atoms with Gasteiger partial charge in [-0.1, -0.05) is 0 Å². The van der Waals surface area contributed by atoms with E-state index in [0.717, 1.165) is 6.92 Å². The first-order valence-electron chi connectivity index (χ1n) is 0.928. The molecule has 0 rings (SSSR count). The quantitative estimate of drug-likeness (QED) is 0.365. The standard InChI is InChI=1S/C2H4O2.H3N.Na.3H2O/c1-2(3)4;;;;;/h1H3,(H,3,4);1H3;;3*1H2. The molecule has 0 atom stereocenters. The van der Waals surface area contributed by atoms with E-state index in [4.69, 9.17) is 9.90 Å². The Morgan fingerprint density at radius 3 is 1.22 bits per heavy atom. The summed E-state index contributed by atoms with van der Waals surface area (Å²) < 4.78 is 0. The van der Waals surface area contributed by atoms with Crippen LogP contribution in [-0.4, -0.2) is 57.1 Å². The molecule has 0 aromatic rings. The van der Waals surface area contributed by atoms with Crippen LogP contribution in [0, 0.1) is 0 Å². The van der Waals surface area contributed by atoms with Crippen LogP contribution in [0.5, 0.6) is 0 Å². The Kier molecular flexibility index (Phi) is 264. The molecule has 7 heteroatoms. The largest absolute Gasteiger partial charge is 0.481 e. The van der Waals surface area contributed by atoms with E-state index < -0.39 is 5.97 Å². The van der Waals surface area contributed by atoms with E-state index in [0.29, 0.717) is 0 Å². The summed E-state index contributed by atoms with van der Waals surface area (Å²) in [6.07, 6.45) is 0. The Morgan fingerprint density at radius 1 is 1.22 bits per heavy atom. The van der Waals surface area contributed by atoms with Gasteiger partial charge >= 0.3 is 0 Å². The van der Waals surface area contributed by atoms with Gasteiger partial charge in [-0.25, -0.2) is 0 Å². The van der Waals surface area contributed by atoms with Crippen molar-refractivity contribution >= 4 is 35.5 Å². The fraction of sp³-hybridized carbons (Fsp3) is 0.500. The van der Waals surface area contributed by atoms with Gasteiger partial charge < -0.3 is 27.7 Å². The van der Waals surface area contributed by atoms with Gasteiger partial charge in [0.05, 0.1) is 0 Å². The zero-order valence-electron chi connectivity index (χ0n) is 5.56. The maximum atomic E-state index is 9.00. The summed E-state index contributed by atoms with van der Waals surface area (Å²) in [5, 5.41) is 7.42. The van der Waals surface area contributed by atoms with Crippen LogP contribution in [0.3, 0.4) is 0 Å². The molecule has 0 aromatic carbocycles. The van der Waals surface area contributed by atoms with E-state index in [9.17, 15) is 0 Å². The molecule has 0 heterocycles. The molecule has 0 saturated carbocycles. The molecule has 57 valence electrons. The van der Waals surface area contributed by atoms with Crippen LogP contribution in [0.4, 0.5) is 0 Å². The molecule has 0 spiro atoms. The molecule has 1 radical (unpaired) electrons. The van der Waals surface area contributed by atoms with Crippen molar-refractivity contribution in [1.29, 1.82) is 0 Å². The van der Waals surface area contributed by atoms with E-state index in [-0.39, 0.29) is 52.1 Å². The topological polar surface area (TPSA) is 167 Å². The SMILES string of the molecule is CC(=O)O.N.O.O.O.[Na]. The second-order valence-electron chi connectivity index (χ2n) is 0.519. The monoisotopic (exact) mass is 154 g/mol. The van der Waals surface area contributed by atoms with Crippen molar-refractivity contribution < 1.29 is 26.3 Å². The molecule has 0 aromatic heterocycles. The average molecular weight is 154 g/mol.